The Balaban J connectivity index is 1.29. The number of nitrogens with one attached hydrogen (secondary N) is 1. The van der Waals surface area contributed by atoms with Gasteiger partial charge in [-0.25, -0.2) is 8.42 Å². The minimum atomic E-state index is -3.59. The lowest BCUT2D eigenvalue weighted by atomic mass is 9.98. The molecule has 2 aliphatic rings. The van der Waals surface area contributed by atoms with Crippen molar-refractivity contribution in [3.8, 4) is 0 Å². The van der Waals surface area contributed by atoms with Crippen LogP contribution in [0, 0.1) is 5.92 Å². The molecule has 8 heteroatoms. The third-order valence-corrected chi connectivity index (χ3v) is 9.00. The van der Waals surface area contributed by atoms with E-state index >= 15 is 0 Å². The number of anilines is 1. The summed E-state index contributed by atoms with van der Waals surface area (Å²) in [4.78, 5) is 25.4. The topological polar surface area (TPSA) is 92.8 Å². The number of carbonyl (C=O) groups is 2. The maximum absolute atomic E-state index is 13.1. The molecule has 0 aromatic heterocycles. The molecule has 0 bridgehead atoms. The van der Waals surface area contributed by atoms with Gasteiger partial charge in [-0.05, 0) is 79.3 Å². The molecule has 2 aromatic rings. The minimum absolute atomic E-state index is 0.259. The van der Waals surface area contributed by atoms with E-state index in [1.54, 1.807) is 12.1 Å². The number of nitrogens with zero attached hydrogens (tertiary/aromatic N) is 1. The second kappa shape index (κ2) is 10.9. The third-order valence-electron chi connectivity index (χ3n) is 7.10. The lowest BCUT2D eigenvalue weighted by Gasteiger charge is -2.30. The number of fused-ring (bicyclic) bond motifs is 1. The van der Waals surface area contributed by atoms with Crippen molar-refractivity contribution in [2.45, 2.75) is 63.7 Å². The van der Waals surface area contributed by atoms with Crippen LogP contribution in [0.25, 0.3) is 0 Å². The van der Waals surface area contributed by atoms with Crippen molar-refractivity contribution in [3.63, 3.8) is 0 Å². The van der Waals surface area contributed by atoms with Gasteiger partial charge >= 0.3 is 5.97 Å². The Labute approximate surface area is 207 Å². The molecule has 35 heavy (non-hydrogen) atoms. The van der Waals surface area contributed by atoms with E-state index in [-0.39, 0.29) is 25.6 Å². The molecule has 2 aromatic carbocycles. The summed E-state index contributed by atoms with van der Waals surface area (Å²) in [6.07, 6.45) is 5.32. The van der Waals surface area contributed by atoms with Gasteiger partial charge in [0.15, 0.2) is 6.61 Å². The molecule has 0 saturated carbocycles. The molecule has 1 aliphatic carbocycles. The SMILES string of the molecule is CCc1cccc(CC)c1NC(=O)COC(=O)C1CCN(S(=O)(=O)c2ccc3c(c2)CCC3)CC1. The van der Waals surface area contributed by atoms with E-state index in [9.17, 15) is 18.0 Å². The zero-order valence-electron chi connectivity index (χ0n) is 20.5. The molecular weight excluding hydrogens is 464 g/mol. The zero-order chi connectivity index (χ0) is 25.0. The number of rotatable bonds is 8. The van der Waals surface area contributed by atoms with Crippen molar-refractivity contribution >= 4 is 27.6 Å². The molecule has 1 aliphatic heterocycles. The first-order valence-corrected chi connectivity index (χ1v) is 14.0. The molecule has 4 rings (SSSR count). The van der Waals surface area contributed by atoms with Gasteiger partial charge in [0.1, 0.15) is 0 Å². The van der Waals surface area contributed by atoms with Crippen molar-refractivity contribution in [1.29, 1.82) is 0 Å². The summed E-state index contributed by atoms with van der Waals surface area (Å²) in [7, 11) is -3.59. The fourth-order valence-electron chi connectivity index (χ4n) is 5.02. The molecule has 0 radical (unpaired) electrons. The van der Waals surface area contributed by atoms with Crippen LogP contribution in [0.3, 0.4) is 0 Å². The Bertz CT molecular complexity index is 1180. The van der Waals surface area contributed by atoms with Crippen LogP contribution in [0.1, 0.15) is 55.4 Å². The third kappa shape index (κ3) is 5.59. The van der Waals surface area contributed by atoms with Crippen molar-refractivity contribution in [1.82, 2.24) is 4.31 Å². The van der Waals surface area contributed by atoms with Gasteiger partial charge in [0, 0.05) is 18.8 Å². The van der Waals surface area contributed by atoms with Crippen LogP contribution in [0.4, 0.5) is 5.69 Å². The molecule has 1 fully saturated rings. The largest absolute Gasteiger partial charge is 0.455 e. The summed E-state index contributed by atoms with van der Waals surface area (Å²) in [6, 6.07) is 11.4. The predicted octanol–water partition coefficient (Wildman–Crippen LogP) is 3.88. The van der Waals surface area contributed by atoms with Crippen LogP contribution >= 0.6 is 0 Å². The van der Waals surface area contributed by atoms with E-state index in [1.807, 2.05) is 38.1 Å². The van der Waals surface area contributed by atoms with Gasteiger partial charge in [0.2, 0.25) is 10.0 Å². The number of carbonyl (C=O) groups excluding carboxylic acids is 2. The Hall–Kier alpha value is -2.71. The molecule has 1 N–H and O–H groups in total. The van der Waals surface area contributed by atoms with Crippen molar-refractivity contribution in [2.24, 2.45) is 5.92 Å². The van der Waals surface area contributed by atoms with Gasteiger partial charge < -0.3 is 10.1 Å². The van der Waals surface area contributed by atoms with E-state index in [1.165, 1.54) is 9.87 Å². The average Bonchev–Trinajstić information content (AvgIpc) is 3.35. The number of esters is 1. The van der Waals surface area contributed by atoms with Gasteiger partial charge in [-0.2, -0.15) is 4.31 Å². The number of amides is 1. The highest BCUT2D eigenvalue weighted by molar-refractivity contribution is 7.89. The van der Waals surface area contributed by atoms with E-state index < -0.39 is 21.9 Å². The second-order valence-corrected chi connectivity index (χ2v) is 11.2. The fraction of sp³-hybridized carbons (Fsp3) is 0.481. The number of piperidine rings is 1. The molecule has 1 saturated heterocycles. The lowest BCUT2D eigenvalue weighted by Crippen LogP contribution is -2.41. The quantitative estimate of drug-likeness (QED) is 0.558. The molecule has 1 heterocycles. The molecule has 7 nitrogen and oxygen atoms in total. The number of hydrogen-bond donors (Lipinski definition) is 1. The molecule has 1 amide bonds. The van der Waals surface area contributed by atoms with Crippen LogP contribution in [0.15, 0.2) is 41.3 Å². The standard InChI is InChI=1S/C27H34N2O5S/c1-3-19-7-5-8-20(4-2)26(19)28-25(30)18-34-27(31)22-13-15-29(16-14-22)35(32,33)24-12-11-21-9-6-10-23(21)17-24/h5,7-8,11-12,17,22H,3-4,6,9-10,13-16,18H2,1-2H3,(H,28,30). The van der Waals surface area contributed by atoms with E-state index in [2.05, 4.69) is 5.32 Å². The van der Waals surface area contributed by atoms with Gasteiger partial charge in [0.25, 0.3) is 5.91 Å². The van der Waals surface area contributed by atoms with Gasteiger partial charge in [-0.15, -0.1) is 0 Å². The maximum Gasteiger partial charge on any atom is 0.309 e. The molecule has 0 spiro atoms. The monoisotopic (exact) mass is 498 g/mol. The van der Waals surface area contributed by atoms with E-state index in [4.69, 9.17) is 4.74 Å². The number of benzene rings is 2. The highest BCUT2D eigenvalue weighted by Gasteiger charge is 2.33. The first-order chi connectivity index (χ1) is 16.8. The molecule has 0 unspecified atom stereocenters. The van der Waals surface area contributed by atoms with Crippen LogP contribution in [-0.2, 0) is 50.0 Å². The Morgan fingerprint density at radius 2 is 1.66 bits per heavy atom. The Morgan fingerprint density at radius 3 is 2.31 bits per heavy atom. The second-order valence-electron chi connectivity index (χ2n) is 9.28. The molecule has 0 atom stereocenters. The first kappa shape index (κ1) is 25.4. The summed E-state index contributed by atoms with van der Waals surface area (Å²) in [5, 5.41) is 2.90. The normalized spacial score (nSPS) is 16.6. The maximum atomic E-state index is 13.1. The fourth-order valence-corrected chi connectivity index (χ4v) is 6.54. The smallest absolute Gasteiger partial charge is 0.309 e. The number of ether oxygens (including phenoxy) is 1. The van der Waals surface area contributed by atoms with Gasteiger partial charge in [-0.3, -0.25) is 9.59 Å². The highest BCUT2D eigenvalue weighted by atomic mass is 32.2. The average molecular weight is 499 g/mol. The molecular formula is C27H34N2O5S. The molecule has 188 valence electrons. The Morgan fingerprint density at radius 1 is 1.00 bits per heavy atom. The Kier molecular flexibility index (Phi) is 7.91. The summed E-state index contributed by atoms with van der Waals surface area (Å²) >= 11 is 0. The first-order valence-electron chi connectivity index (χ1n) is 12.5. The van der Waals surface area contributed by atoms with Gasteiger partial charge in [-0.1, -0.05) is 38.1 Å². The zero-order valence-corrected chi connectivity index (χ0v) is 21.3. The highest BCUT2D eigenvalue weighted by Crippen LogP contribution is 2.29. The summed E-state index contributed by atoms with van der Waals surface area (Å²) in [5.74, 6) is -1.23. The van der Waals surface area contributed by atoms with Crippen LogP contribution in [0.5, 0.6) is 0 Å². The van der Waals surface area contributed by atoms with Crippen molar-refractivity contribution in [2.75, 3.05) is 25.0 Å². The summed E-state index contributed by atoms with van der Waals surface area (Å²) in [6.45, 7) is 4.22. The van der Waals surface area contributed by atoms with Crippen LogP contribution in [0.2, 0.25) is 0 Å². The van der Waals surface area contributed by atoms with E-state index in [0.717, 1.165) is 54.5 Å². The lowest BCUT2D eigenvalue weighted by molar-refractivity contribution is -0.152. The van der Waals surface area contributed by atoms with Crippen molar-refractivity contribution in [3.05, 3.63) is 58.7 Å². The van der Waals surface area contributed by atoms with Crippen LogP contribution in [-0.4, -0.2) is 44.3 Å². The van der Waals surface area contributed by atoms with Crippen LogP contribution < -0.4 is 5.32 Å². The number of sulfonamides is 1. The predicted molar refractivity (Wildman–Crippen MR) is 135 cm³/mol. The number of hydrogen-bond acceptors (Lipinski definition) is 5. The number of aryl methyl sites for hydroxylation is 4. The summed E-state index contributed by atoms with van der Waals surface area (Å²) < 4.78 is 33.0. The summed E-state index contributed by atoms with van der Waals surface area (Å²) in [5.41, 5.74) is 5.24. The number of para-hydroxylation sites is 1. The minimum Gasteiger partial charge on any atom is -0.455 e. The van der Waals surface area contributed by atoms with E-state index in [0.29, 0.717) is 17.7 Å². The van der Waals surface area contributed by atoms with Crippen molar-refractivity contribution < 1.29 is 22.7 Å². The van der Waals surface area contributed by atoms with Gasteiger partial charge in [0.05, 0.1) is 10.8 Å².